The van der Waals surface area contributed by atoms with E-state index in [1.54, 1.807) is 0 Å². The number of aliphatic hydroxyl groups is 1. The highest BCUT2D eigenvalue weighted by atomic mass is 35.5. The minimum Gasteiger partial charge on any atom is -0.377 e. The third-order valence-corrected chi connectivity index (χ3v) is 5.91. The Balaban J connectivity index is 1.77. The van der Waals surface area contributed by atoms with Gasteiger partial charge in [0, 0.05) is 48.1 Å². The van der Waals surface area contributed by atoms with E-state index in [-0.39, 0.29) is 6.04 Å². The van der Waals surface area contributed by atoms with Crippen LogP contribution in [0.1, 0.15) is 24.1 Å². The molecule has 7 nitrogen and oxygen atoms in total. The summed E-state index contributed by atoms with van der Waals surface area (Å²) in [6.45, 7) is 3.09. The molecule has 2 aromatic rings. The summed E-state index contributed by atoms with van der Waals surface area (Å²) in [5.74, 6) is -0.603. The molecule has 9 heteroatoms. The fourth-order valence-corrected chi connectivity index (χ4v) is 3.87. The topological polar surface area (TPSA) is 86.9 Å². The average molecular weight is 452 g/mol. The van der Waals surface area contributed by atoms with Crippen LogP contribution in [-0.2, 0) is 4.79 Å². The Morgan fingerprint density at radius 3 is 1.80 bits per heavy atom. The van der Waals surface area contributed by atoms with E-state index in [0.717, 1.165) is 11.1 Å². The van der Waals surface area contributed by atoms with Crippen molar-refractivity contribution < 1.29 is 14.8 Å². The summed E-state index contributed by atoms with van der Waals surface area (Å²) in [5.41, 5.74) is 2.12. The second kappa shape index (κ2) is 9.75. The number of benzene rings is 2. The van der Waals surface area contributed by atoms with Gasteiger partial charge in [-0.15, -0.1) is 0 Å². The Morgan fingerprint density at radius 2 is 1.40 bits per heavy atom. The first-order chi connectivity index (χ1) is 14.3. The monoisotopic (exact) mass is 451 g/mol. The van der Waals surface area contributed by atoms with Crippen molar-refractivity contribution in [3.05, 3.63) is 79.8 Å². The van der Waals surface area contributed by atoms with Crippen LogP contribution in [-0.4, -0.2) is 64.1 Å². The molecule has 2 atom stereocenters. The molecule has 0 aliphatic carbocycles. The second-order valence-corrected chi connectivity index (χ2v) is 8.21. The van der Waals surface area contributed by atoms with Gasteiger partial charge < -0.3 is 10.0 Å². The summed E-state index contributed by atoms with van der Waals surface area (Å²) in [7, 11) is 0. The van der Waals surface area contributed by atoms with E-state index in [2.05, 4.69) is 4.90 Å². The number of nitrogens with zero attached hydrogens (tertiary/aromatic N) is 3. The summed E-state index contributed by atoms with van der Waals surface area (Å²) in [6, 6.07) is 13.9. The van der Waals surface area contributed by atoms with E-state index in [0.29, 0.717) is 36.2 Å². The standard InChI is InChI=1S/C21H23Cl2N3O4/c1-14(26(29)30)20(27)21(28)25-12-10-24(11-13-25)19(15-2-6-17(22)7-3-15)16-4-8-18(23)9-5-16/h2-9,14,19-20,27H,10-13H2,1H3. The molecule has 0 spiro atoms. The molecule has 1 fully saturated rings. The molecule has 0 bridgehead atoms. The van der Waals surface area contributed by atoms with Gasteiger partial charge in [-0.25, -0.2) is 0 Å². The lowest BCUT2D eigenvalue weighted by molar-refractivity contribution is -0.526. The van der Waals surface area contributed by atoms with E-state index in [1.807, 2.05) is 48.5 Å². The number of aliphatic hydroxyl groups excluding tert-OH is 1. The van der Waals surface area contributed by atoms with Gasteiger partial charge in [0.25, 0.3) is 5.91 Å². The fourth-order valence-electron chi connectivity index (χ4n) is 3.61. The first-order valence-electron chi connectivity index (χ1n) is 9.63. The Hall–Kier alpha value is -2.19. The molecule has 2 aromatic carbocycles. The minimum atomic E-state index is -1.64. The summed E-state index contributed by atoms with van der Waals surface area (Å²) < 4.78 is 0. The lowest BCUT2D eigenvalue weighted by Crippen LogP contribution is -2.54. The van der Waals surface area contributed by atoms with Crippen molar-refractivity contribution in [3.63, 3.8) is 0 Å². The Kier molecular flexibility index (Phi) is 7.31. The molecule has 1 saturated heterocycles. The van der Waals surface area contributed by atoms with Gasteiger partial charge in [-0.3, -0.25) is 19.8 Å². The summed E-state index contributed by atoms with van der Waals surface area (Å²) >= 11 is 12.1. The number of piperazine rings is 1. The molecule has 30 heavy (non-hydrogen) atoms. The van der Waals surface area contributed by atoms with Crippen molar-refractivity contribution in [1.29, 1.82) is 0 Å². The number of nitro groups is 1. The Bertz CT molecular complexity index is 839. The largest absolute Gasteiger partial charge is 0.377 e. The molecular formula is C21H23Cl2N3O4. The van der Waals surface area contributed by atoms with Gasteiger partial charge in [0.05, 0.1) is 6.04 Å². The van der Waals surface area contributed by atoms with Crippen molar-refractivity contribution in [2.24, 2.45) is 0 Å². The zero-order chi connectivity index (χ0) is 21.8. The predicted molar refractivity (Wildman–Crippen MR) is 115 cm³/mol. The van der Waals surface area contributed by atoms with Crippen LogP contribution in [0.2, 0.25) is 10.0 Å². The number of hydrogen-bond donors (Lipinski definition) is 1. The third kappa shape index (κ3) is 5.10. The molecule has 1 N–H and O–H groups in total. The van der Waals surface area contributed by atoms with Gasteiger partial charge >= 0.3 is 0 Å². The van der Waals surface area contributed by atoms with Crippen LogP contribution in [0.3, 0.4) is 0 Å². The summed E-state index contributed by atoms with van der Waals surface area (Å²) in [5, 5.41) is 22.2. The SMILES string of the molecule is CC(C(O)C(=O)N1CCN(C(c2ccc(Cl)cc2)c2ccc(Cl)cc2)CC1)[N+](=O)[O-]. The van der Waals surface area contributed by atoms with Crippen molar-refractivity contribution in [3.8, 4) is 0 Å². The molecule has 1 aliphatic rings. The normalized spacial score (nSPS) is 17.0. The molecular weight excluding hydrogens is 429 g/mol. The molecule has 0 radical (unpaired) electrons. The van der Waals surface area contributed by atoms with Crippen LogP contribution in [0.4, 0.5) is 0 Å². The lowest BCUT2D eigenvalue weighted by Gasteiger charge is -2.40. The van der Waals surface area contributed by atoms with Crippen molar-refractivity contribution in [1.82, 2.24) is 9.80 Å². The Morgan fingerprint density at radius 1 is 0.967 bits per heavy atom. The highest BCUT2D eigenvalue weighted by molar-refractivity contribution is 6.30. The van der Waals surface area contributed by atoms with Gasteiger partial charge in [0.1, 0.15) is 0 Å². The van der Waals surface area contributed by atoms with Crippen LogP contribution >= 0.6 is 23.2 Å². The van der Waals surface area contributed by atoms with E-state index in [4.69, 9.17) is 23.2 Å². The molecule has 2 unspecified atom stereocenters. The van der Waals surface area contributed by atoms with Crippen LogP contribution in [0.25, 0.3) is 0 Å². The van der Waals surface area contributed by atoms with Gasteiger partial charge in [-0.1, -0.05) is 47.5 Å². The van der Waals surface area contributed by atoms with Crippen molar-refractivity contribution in [2.45, 2.75) is 25.1 Å². The van der Waals surface area contributed by atoms with Gasteiger partial charge in [0.15, 0.2) is 6.10 Å². The van der Waals surface area contributed by atoms with E-state index in [1.165, 1.54) is 11.8 Å². The van der Waals surface area contributed by atoms with Gasteiger partial charge in [0.2, 0.25) is 6.04 Å². The maximum Gasteiger partial charge on any atom is 0.258 e. The first kappa shape index (κ1) is 22.5. The smallest absolute Gasteiger partial charge is 0.258 e. The third-order valence-electron chi connectivity index (χ3n) is 5.41. The molecule has 0 aromatic heterocycles. The summed E-state index contributed by atoms with van der Waals surface area (Å²) in [4.78, 5) is 26.4. The molecule has 0 saturated carbocycles. The number of halogens is 2. The van der Waals surface area contributed by atoms with Crippen LogP contribution in [0.15, 0.2) is 48.5 Å². The molecule has 160 valence electrons. The summed E-state index contributed by atoms with van der Waals surface area (Å²) in [6.07, 6.45) is -1.64. The molecule has 1 aliphatic heterocycles. The van der Waals surface area contributed by atoms with Crippen molar-refractivity contribution >= 4 is 29.1 Å². The highest BCUT2D eigenvalue weighted by Gasteiger charge is 2.36. The number of carbonyl (C=O) groups is 1. The van der Waals surface area contributed by atoms with E-state index < -0.39 is 23.0 Å². The molecule has 3 rings (SSSR count). The number of rotatable bonds is 6. The Labute approximate surface area is 185 Å². The second-order valence-electron chi connectivity index (χ2n) is 7.34. The zero-order valence-electron chi connectivity index (χ0n) is 16.4. The first-order valence-corrected chi connectivity index (χ1v) is 10.4. The zero-order valence-corrected chi connectivity index (χ0v) is 18.0. The number of amides is 1. The predicted octanol–water partition coefficient (Wildman–Crippen LogP) is 3.25. The maximum atomic E-state index is 12.5. The fraction of sp³-hybridized carbons (Fsp3) is 0.381. The van der Waals surface area contributed by atoms with E-state index in [9.17, 15) is 20.0 Å². The molecule has 1 amide bonds. The van der Waals surface area contributed by atoms with Gasteiger partial charge in [-0.05, 0) is 35.4 Å². The maximum absolute atomic E-state index is 12.5. The quantitative estimate of drug-likeness (QED) is 0.537. The van der Waals surface area contributed by atoms with E-state index >= 15 is 0 Å². The minimum absolute atomic E-state index is 0.0561. The lowest BCUT2D eigenvalue weighted by atomic mass is 9.96. The number of carbonyl (C=O) groups excluding carboxylic acids is 1. The van der Waals surface area contributed by atoms with Crippen LogP contribution in [0, 0.1) is 10.1 Å². The van der Waals surface area contributed by atoms with Crippen LogP contribution < -0.4 is 0 Å². The van der Waals surface area contributed by atoms with Crippen molar-refractivity contribution in [2.75, 3.05) is 26.2 Å². The van der Waals surface area contributed by atoms with Gasteiger partial charge in [-0.2, -0.15) is 0 Å². The molecule has 1 heterocycles. The van der Waals surface area contributed by atoms with Crippen LogP contribution in [0.5, 0.6) is 0 Å². The number of hydrogen-bond acceptors (Lipinski definition) is 5. The highest BCUT2D eigenvalue weighted by Crippen LogP contribution is 2.31. The average Bonchev–Trinajstić information content (AvgIpc) is 2.75.